The van der Waals surface area contributed by atoms with Crippen LogP contribution in [-0.4, -0.2) is 82.5 Å². The van der Waals surface area contributed by atoms with Crippen molar-refractivity contribution in [2.45, 2.75) is 38.6 Å². The highest BCUT2D eigenvalue weighted by Crippen LogP contribution is 2.30. The first-order chi connectivity index (χ1) is 14.5. The monoisotopic (exact) mass is 412 g/mol. The van der Waals surface area contributed by atoms with E-state index in [1.54, 1.807) is 0 Å². The van der Waals surface area contributed by atoms with Gasteiger partial charge >= 0.3 is 5.97 Å². The van der Waals surface area contributed by atoms with Gasteiger partial charge < -0.3 is 15.0 Å². The summed E-state index contributed by atoms with van der Waals surface area (Å²) in [7, 11) is 0. The number of nitrogens with zero attached hydrogens (tertiary/aromatic N) is 3. The summed E-state index contributed by atoms with van der Waals surface area (Å²) in [5.41, 5.74) is 2.89. The maximum atomic E-state index is 12.7. The molecule has 1 aromatic carbocycles. The number of fused-ring (bicyclic) bond motifs is 1. The molecule has 30 heavy (non-hydrogen) atoms. The molecule has 2 N–H and O–H groups in total. The number of carboxylic acid groups (broad SMARTS) is 1. The topological polar surface area (TPSA) is 79.9 Å². The number of nitrogens with one attached hydrogen (secondary N) is 1. The summed E-state index contributed by atoms with van der Waals surface area (Å²) in [5.74, 6) is -0.612. The highest BCUT2D eigenvalue weighted by atomic mass is 16.4. The molecule has 1 atom stereocenters. The molecule has 0 spiro atoms. The zero-order chi connectivity index (χ0) is 21.1. The van der Waals surface area contributed by atoms with Crippen LogP contribution < -0.4 is 0 Å². The van der Waals surface area contributed by atoms with Gasteiger partial charge in [0.05, 0.1) is 6.54 Å². The number of likely N-dealkylation sites (tertiary alicyclic amines) is 1. The van der Waals surface area contributed by atoms with Gasteiger partial charge in [-0.1, -0.05) is 24.5 Å². The second-order valence-electron chi connectivity index (χ2n) is 8.64. The Bertz CT molecular complexity index is 893. The standard InChI is InChI=1S/C23H32N4O3/c1-17-6-7-20-18(14-17)19(15-24-20)22(23(29)30)27-12-10-25(11-13-27)16-21(28)26-8-4-2-3-5-9-26/h6-7,14-15,22,24H,2-5,8-13,16H2,1H3,(H,29,30)/t22-/m1/s1. The normalized spacial score (nSPS) is 20.2. The summed E-state index contributed by atoms with van der Waals surface area (Å²) in [6.45, 7) is 6.92. The first kappa shape index (κ1) is 20.9. The number of rotatable bonds is 5. The van der Waals surface area contributed by atoms with Gasteiger partial charge in [-0.3, -0.25) is 19.4 Å². The molecule has 2 aromatic rings. The van der Waals surface area contributed by atoms with Gasteiger partial charge in [0.1, 0.15) is 6.04 Å². The van der Waals surface area contributed by atoms with E-state index < -0.39 is 12.0 Å². The number of aromatic nitrogens is 1. The predicted molar refractivity (Wildman–Crippen MR) is 116 cm³/mol. The number of piperazine rings is 1. The van der Waals surface area contributed by atoms with Crippen LogP contribution in [0, 0.1) is 6.92 Å². The van der Waals surface area contributed by atoms with E-state index in [1.807, 2.05) is 41.1 Å². The van der Waals surface area contributed by atoms with Crippen molar-refractivity contribution in [2.75, 3.05) is 45.8 Å². The van der Waals surface area contributed by atoms with Gasteiger partial charge in [0.2, 0.25) is 5.91 Å². The number of carboxylic acids is 1. The lowest BCUT2D eigenvalue weighted by Crippen LogP contribution is -2.52. The van der Waals surface area contributed by atoms with Crippen molar-refractivity contribution in [1.82, 2.24) is 19.7 Å². The van der Waals surface area contributed by atoms with E-state index in [1.165, 1.54) is 12.8 Å². The van der Waals surface area contributed by atoms with Gasteiger partial charge in [-0.2, -0.15) is 0 Å². The molecule has 4 rings (SSSR count). The fraction of sp³-hybridized carbons (Fsp3) is 0.565. The molecule has 2 aliphatic rings. The lowest BCUT2D eigenvalue weighted by Gasteiger charge is -2.38. The summed E-state index contributed by atoms with van der Waals surface area (Å²) in [6, 6.07) is 5.40. The smallest absolute Gasteiger partial charge is 0.325 e. The lowest BCUT2D eigenvalue weighted by atomic mass is 10.0. The van der Waals surface area contributed by atoms with E-state index >= 15 is 0 Å². The third-order valence-electron chi connectivity index (χ3n) is 6.49. The van der Waals surface area contributed by atoms with Crippen molar-refractivity contribution < 1.29 is 14.7 Å². The average molecular weight is 413 g/mol. The largest absolute Gasteiger partial charge is 0.480 e. The zero-order valence-corrected chi connectivity index (χ0v) is 17.8. The zero-order valence-electron chi connectivity index (χ0n) is 17.8. The molecule has 2 saturated heterocycles. The number of H-pyrrole nitrogens is 1. The first-order valence-corrected chi connectivity index (χ1v) is 11.1. The molecular weight excluding hydrogens is 380 g/mol. The fourth-order valence-corrected chi connectivity index (χ4v) is 4.76. The van der Waals surface area contributed by atoms with Crippen molar-refractivity contribution in [3.8, 4) is 0 Å². The maximum Gasteiger partial charge on any atom is 0.325 e. The minimum absolute atomic E-state index is 0.215. The van der Waals surface area contributed by atoms with Crippen LogP contribution in [0.4, 0.5) is 0 Å². The quantitative estimate of drug-likeness (QED) is 0.789. The predicted octanol–water partition coefficient (Wildman–Crippen LogP) is 2.62. The van der Waals surface area contributed by atoms with Crippen molar-refractivity contribution in [2.24, 2.45) is 0 Å². The molecule has 0 bridgehead atoms. The fourth-order valence-electron chi connectivity index (χ4n) is 4.76. The number of carbonyl (C=O) groups is 2. The number of carbonyl (C=O) groups excluding carboxylic acids is 1. The molecule has 3 heterocycles. The maximum absolute atomic E-state index is 12.7. The van der Waals surface area contributed by atoms with Gasteiger partial charge in [0.25, 0.3) is 0 Å². The Morgan fingerprint density at radius 2 is 1.73 bits per heavy atom. The number of amides is 1. The van der Waals surface area contributed by atoms with Crippen LogP contribution in [0.3, 0.4) is 0 Å². The number of aliphatic carboxylic acids is 1. The summed E-state index contributed by atoms with van der Waals surface area (Å²) in [5, 5.41) is 11.0. The minimum atomic E-state index is -0.827. The van der Waals surface area contributed by atoms with Crippen LogP contribution in [0.5, 0.6) is 0 Å². The summed E-state index contributed by atoms with van der Waals surface area (Å²) < 4.78 is 0. The van der Waals surface area contributed by atoms with Crippen LogP contribution in [0.25, 0.3) is 10.9 Å². The van der Waals surface area contributed by atoms with Gasteiger partial charge in [-0.15, -0.1) is 0 Å². The second-order valence-corrected chi connectivity index (χ2v) is 8.64. The molecule has 0 unspecified atom stereocenters. The second kappa shape index (κ2) is 9.18. The molecule has 2 fully saturated rings. The third kappa shape index (κ3) is 4.52. The molecular formula is C23H32N4O3. The van der Waals surface area contributed by atoms with Crippen molar-refractivity contribution >= 4 is 22.8 Å². The van der Waals surface area contributed by atoms with Crippen LogP contribution in [-0.2, 0) is 9.59 Å². The van der Waals surface area contributed by atoms with Gasteiger partial charge in [-0.05, 0) is 31.9 Å². The number of hydrogen-bond acceptors (Lipinski definition) is 4. The molecule has 0 saturated carbocycles. The number of hydrogen-bond donors (Lipinski definition) is 2. The van der Waals surface area contributed by atoms with E-state index in [-0.39, 0.29) is 5.91 Å². The third-order valence-corrected chi connectivity index (χ3v) is 6.49. The Hall–Kier alpha value is -2.38. The number of aromatic amines is 1. The van der Waals surface area contributed by atoms with E-state index in [2.05, 4.69) is 9.88 Å². The van der Waals surface area contributed by atoms with Crippen LogP contribution in [0.1, 0.15) is 42.9 Å². The average Bonchev–Trinajstić information content (AvgIpc) is 2.94. The molecule has 162 valence electrons. The summed E-state index contributed by atoms with van der Waals surface area (Å²) >= 11 is 0. The molecule has 7 nitrogen and oxygen atoms in total. The van der Waals surface area contributed by atoms with Gasteiger partial charge in [0.15, 0.2) is 0 Å². The van der Waals surface area contributed by atoms with Gasteiger partial charge in [0, 0.05) is 61.9 Å². The molecule has 0 aliphatic carbocycles. The SMILES string of the molecule is Cc1ccc2[nH]cc([C@H](C(=O)O)N3CCN(CC(=O)N4CCCCCC4)CC3)c2c1. The highest BCUT2D eigenvalue weighted by Gasteiger charge is 2.32. The number of benzene rings is 1. The van der Waals surface area contributed by atoms with Crippen molar-refractivity contribution in [1.29, 1.82) is 0 Å². The van der Waals surface area contributed by atoms with Crippen LogP contribution in [0.2, 0.25) is 0 Å². The molecule has 1 amide bonds. The Morgan fingerprint density at radius 1 is 1.03 bits per heavy atom. The lowest BCUT2D eigenvalue weighted by molar-refractivity contribution is -0.145. The Balaban J connectivity index is 1.40. The molecule has 2 aliphatic heterocycles. The highest BCUT2D eigenvalue weighted by molar-refractivity contribution is 5.89. The van der Waals surface area contributed by atoms with E-state index in [0.29, 0.717) is 32.7 Å². The summed E-state index contributed by atoms with van der Waals surface area (Å²) in [6.07, 6.45) is 6.46. The van der Waals surface area contributed by atoms with E-state index in [4.69, 9.17) is 0 Å². The summed E-state index contributed by atoms with van der Waals surface area (Å²) in [4.78, 5) is 34.3. The van der Waals surface area contributed by atoms with Crippen molar-refractivity contribution in [3.05, 3.63) is 35.5 Å². The first-order valence-electron chi connectivity index (χ1n) is 11.1. The number of aryl methyl sites for hydroxylation is 1. The Labute approximate surface area is 177 Å². The van der Waals surface area contributed by atoms with Crippen molar-refractivity contribution in [3.63, 3.8) is 0 Å². The Kier molecular flexibility index (Phi) is 6.39. The molecule has 1 aromatic heterocycles. The van der Waals surface area contributed by atoms with E-state index in [0.717, 1.165) is 48.0 Å². The van der Waals surface area contributed by atoms with E-state index in [9.17, 15) is 14.7 Å². The molecule has 0 radical (unpaired) electrons. The molecule has 7 heteroatoms. The van der Waals surface area contributed by atoms with Crippen LogP contribution in [0.15, 0.2) is 24.4 Å². The van der Waals surface area contributed by atoms with Gasteiger partial charge in [-0.25, -0.2) is 0 Å². The minimum Gasteiger partial charge on any atom is -0.480 e. The Morgan fingerprint density at radius 3 is 2.40 bits per heavy atom. The van der Waals surface area contributed by atoms with Crippen LogP contribution >= 0.6 is 0 Å².